The van der Waals surface area contributed by atoms with E-state index in [1.54, 1.807) is 24.4 Å². The average molecular weight is 523 g/mol. The lowest BCUT2D eigenvalue weighted by atomic mass is 9.96. The molecule has 0 spiro atoms. The van der Waals surface area contributed by atoms with Gasteiger partial charge in [0, 0.05) is 36.1 Å². The summed E-state index contributed by atoms with van der Waals surface area (Å²) in [6.45, 7) is 4.59. The molecule has 0 saturated heterocycles. The van der Waals surface area contributed by atoms with Gasteiger partial charge in [-0.05, 0) is 40.6 Å². The predicted molar refractivity (Wildman–Crippen MR) is 131 cm³/mol. The van der Waals surface area contributed by atoms with Crippen molar-refractivity contribution in [3.05, 3.63) is 83.2 Å². The summed E-state index contributed by atoms with van der Waals surface area (Å²) in [6.07, 6.45) is -3.26. The molecule has 0 radical (unpaired) electrons. The number of halogens is 4. The fourth-order valence-electron chi connectivity index (χ4n) is 3.82. The van der Waals surface area contributed by atoms with Gasteiger partial charge in [-0.2, -0.15) is 23.4 Å². The van der Waals surface area contributed by atoms with E-state index in [9.17, 15) is 23.1 Å². The van der Waals surface area contributed by atoms with Gasteiger partial charge in [0.2, 0.25) is 5.88 Å². The lowest BCUT2D eigenvalue weighted by Crippen LogP contribution is -2.28. The summed E-state index contributed by atoms with van der Waals surface area (Å²) >= 11 is 6.66. The minimum Gasteiger partial charge on any atom is -0.493 e. The van der Waals surface area contributed by atoms with E-state index in [0.29, 0.717) is 28.3 Å². The Bertz CT molecular complexity index is 1480. The van der Waals surface area contributed by atoms with Gasteiger partial charge in [0.25, 0.3) is 0 Å². The van der Waals surface area contributed by atoms with Crippen LogP contribution < -0.4 is 20.8 Å². The number of thiazole rings is 1. The standard InChI is InChI=1S/C24H22ClF3N4O2S/c1-13(2)29-7-8-32-22(33)21(35-23(32)34)18(14-4-6-20-16(9-14)12-30-31-20)10-15-3-5-17(25)11-19(15)24(26,27)28/h3-6,9,11-13,29,33H,7-8,10H2,1-2H3. The van der Waals surface area contributed by atoms with Crippen LogP contribution in [0.15, 0.2) is 51.4 Å². The second-order valence-corrected chi connectivity index (χ2v) is 9.75. The maximum absolute atomic E-state index is 13.8. The zero-order chi connectivity index (χ0) is 25.3. The lowest BCUT2D eigenvalue weighted by molar-refractivity contribution is -0.138. The molecule has 2 heterocycles. The molecule has 0 bridgehead atoms. The van der Waals surface area contributed by atoms with Crippen molar-refractivity contribution in [2.45, 2.75) is 39.0 Å². The van der Waals surface area contributed by atoms with Crippen molar-refractivity contribution in [3.63, 3.8) is 0 Å². The van der Waals surface area contributed by atoms with Gasteiger partial charge in [-0.25, -0.2) is 0 Å². The molecule has 2 aromatic carbocycles. The molecular formula is C24H22ClF3N4O2S. The Morgan fingerprint density at radius 1 is 1.23 bits per heavy atom. The highest BCUT2D eigenvalue weighted by Gasteiger charge is 2.34. The van der Waals surface area contributed by atoms with Crippen molar-refractivity contribution in [1.29, 1.82) is 0 Å². The first-order valence-electron chi connectivity index (χ1n) is 10.8. The fourth-order valence-corrected chi connectivity index (χ4v) is 4.97. The highest BCUT2D eigenvalue weighted by Crippen LogP contribution is 2.37. The summed E-state index contributed by atoms with van der Waals surface area (Å²) < 4.78 is 42.7. The number of alkyl halides is 3. The molecule has 0 saturated carbocycles. The first kappa shape index (κ1) is 25.2. The summed E-state index contributed by atoms with van der Waals surface area (Å²) in [4.78, 5) is 12.5. The number of nitrogens with zero attached hydrogens (tertiary/aromatic N) is 3. The van der Waals surface area contributed by atoms with Gasteiger partial charge in [0.1, 0.15) is 0 Å². The Morgan fingerprint density at radius 2 is 2.00 bits per heavy atom. The van der Waals surface area contributed by atoms with Gasteiger partial charge in [0.05, 0.1) is 22.0 Å². The molecule has 35 heavy (non-hydrogen) atoms. The van der Waals surface area contributed by atoms with Crippen molar-refractivity contribution < 1.29 is 18.3 Å². The summed E-state index contributed by atoms with van der Waals surface area (Å²) in [5, 5.41) is 23.2. The Balaban J connectivity index is 1.88. The summed E-state index contributed by atoms with van der Waals surface area (Å²) in [5.74, 6) is -0.276. The Labute approximate surface area is 207 Å². The first-order valence-corrected chi connectivity index (χ1v) is 12.0. The minimum atomic E-state index is -4.63. The van der Waals surface area contributed by atoms with Gasteiger partial charge >= 0.3 is 11.0 Å². The SMILES string of the molecule is CC(C)NCCn1c(O)c(C(Cc2ccc(Cl)cc2C(F)(F)F)=c2ccc3c(c2)C=NN=3)sc1=O. The van der Waals surface area contributed by atoms with Gasteiger partial charge in [-0.3, -0.25) is 9.36 Å². The van der Waals surface area contributed by atoms with Crippen LogP contribution in [0.1, 0.15) is 35.4 Å². The topological polar surface area (TPSA) is 79.0 Å². The Kier molecular flexibility index (Phi) is 7.16. The zero-order valence-corrected chi connectivity index (χ0v) is 20.4. The van der Waals surface area contributed by atoms with Crippen LogP contribution in [0.25, 0.3) is 5.57 Å². The van der Waals surface area contributed by atoms with Crippen LogP contribution in [-0.2, 0) is 19.1 Å². The molecule has 1 aliphatic heterocycles. The third kappa shape index (κ3) is 5.50. The van der Waals surface area contributed by atoms with Crippen LogP contribution in [0.4, 0.5) is 13.2 Å². The number of aromatic hydroxyl groups is 1. The molecule has 4 rings (SSSR count). The molecule has 2 N–H and O–H groups in total. The molecule has 0 amide bonds. The number of benzene rings is 2. The minimum absolute atomic E-state index is 0.0240. The van der Waals surface area contributed by atoms with Crippen molar-refractivity contribution >= 4 is 34.7 Å². The summed E-state index contributed by atoms with van der Waals surface area (Å²) in [7, 11) is 0. The van der Waals surface area contributed by atoms with Crippen molar-refractivity contribution in [2.75, 3.05) is 6.54 Å². The van der Waals surface area contributed by atoms with E-state index in [2.05, 4.69) is 15.5 Å². The van der Waals surface area contributed by atoms with E-state index in [0.717, 1.165) is 17.4 Å². The lowest BCUT2D eigenvalue weighted by Gasteiger charge is -2.15. The van der Waals surface area contributed by atoms with Gasteiger partial charge in [-0.15, -0.1) is 0 Å². The molecular weight excluding hydrogens is 501 g/mol. The summed E-state index contributed by atoms with van der Waals surface area (Å²) in [6, 6.07) is 8.92. The molecule has 1 aromatic heterocycles. The fraction of sp³-hybridized carbons (Fsp3) is 0.292. The third-order valence-corrected chi connectivity index (χ3v) is 6.78. The number of hydrogen-bond acceptors (Lipinski definition) is 6. The van der Waals surface area contributed by atoms with Crippen LogP contribution in [0.5, 0.6) is 5.88 Å². The number of nitrogens with one attached hydrogen (secondary N) is 1. The first-order chi connectivity index (χ1) is 16.5. The number of fused-ring (bicyclic) bond motifs is 1. The highest BCUT2D eigenvalue weighted by atomic mass is 35.5. The van der Waals surface area contributed by atoms with Crippen molar-refractivity contribution in [1.82, 2.24) is 9.88 Å². The van der Waals surface area contributed by atoms with Crippen LogP contribution in [-0.4, -0.2) is 28.5 Å². The molecule has 184 valence electrons. The second kappa shape index (κ2) is 9.96. The molecule has 0 atom stereocenters. The van der Waals surface area contributed by atoms with E-state index in [1.165, 1.54) is 16.7 Å². The van der Waals surface area contributed by atoms with Crippen LogP contribution in [0.3, 0.4) is 0 Å². The number of rotatable bonds is 7. The molecule has 3 aromatic rings. The number of aromatic nitrogens is 1. The monoisotopic (exact) mass is 522 g/mol. The number of hydrogen-bond donors (Lipinski definition) is 2. The van der Waals surface area contributed by atoms with Crippen LogP contribution in [0.2, 0.25) is 5.02 Å². The van der Waals surface area contributed by atoms with Crippen molar-refractivity contribution in [3.8, 4) is 5.88 Å². The van der Waals surface area contributed by atoms with Gasteiger partial charge in [0.15, 0.2) is 0 Å². The predicted octanol–water partition coefficient (Wildman–Crippen LogP) is 3.69. The molecule has 6 nitrogen and oxygen atoms in total. The van der Waals surface area contributed by atoms with E-state index in [4.69, 9.17) is 11.6 Å². The molecule has 0 aliphatic carbocycles. The van der Waals surface area contributed by atoms with E-state index < -0.39 is 16.6 Å². The third-order valence-electron chi connectivity index (χ3n) is 5.51. The Hall–Kier alpha value is -2.95. The van der Waals surface area contributed by atoms with Gasteiger partial charge in [-0.1, -0.05) is 48.9 Å². The molecule has 0 unspecified atom stereocenters. The smallest absolute Gasteiger partial charge is 0.416 e. The maximum atomic E-state index is 13.8. The van der Waals surface area contributed by atoms with E-state index >= 15 is 0 Å². The normalized spacial score (nSPS) is 13.8. The summed E-state index contributed by atoms with van der Waals surface area (Å²) in [5.41, 5.74) is 0.187. The second-order valence-electron chi connectivity index (χ2n) is 8.35. The highest BCUT2D eigenvalue weighted by molar-refractivity contribution is 7.10. The zero-order valence-electron chi connectivity index (χ0n) is 18.9. The van der Waals surface area contributed by atoms with Crippen molar-refractivity contribution in [2.24, 2.45) is 10.2 Å². The van der Waals surface area contributed by atoms with Crippen LogP contribution in [0, 0.1) is 0 Å². The van der Waals surface area contributed by atoms with Gasteiger partial charge < -0.3 is 10.4 Å². The maximum Gasteiger partial charge on any atom is 0.416 e. The van der Waals surface area contributed by atoms with E-state index in [1.807, 2.05) is 13.8 Å². The van der Waals surface area contributed by atoms with E-state index in [-0.39, 0.29) is 40.4 Å². The Morgan fingerprint density at radius 3 is 2.71 bits per heavy atom. The van der Waals surface area contributed by atoms with Crippen LogP contribution >= 0.6 is 22.9 Å². The largest absolute Gasteiger partial charge is 0.493 e. The average Bonchev–Trinajstić information content (AvgIpc) is 3.36. The molecule has 11 heteroatoms. The quantitative estimate of drug-likeness (QED) is 0.497. The molecule has 0 fully saturated rings. The molecule has 1 aliphatic rings.